The Morgan fingerprint density at radius 1 is 1.38 bits per heavy atom. The molecule has 116 valence electrons. The largest absolute Gasteiger partial charge is 0.481 e. The third-order valence-corrected chi connectivity index (χ3v) is 5.26. The lowest BCUT2D eigenvalue weighted by Crippen LogP contribution is -2.24. The maximum atomic E-state index is 10.8. The number of carboxylic acids is 1. The van der Waals surface area contributed by atoms with Gasteiger partial charge < -0.3 is 10.0 Å². The fourth-order valence-corrected chi connectivity index (χ4v) is 3.60. The second kappa shape index (κ2) is 5.87. The summed E-state index contributed by atoms with van der Waals surface area (Å²) in [5.41, 5.74) is 0. The van der Waals surface area contributed by atoms with Crippen molar-refractivity contribution in [1.29, 1.82) is 0 Å². The molecule has 0 spiro atoms. The highest BCUT2D eigenvalue weighted by Gasteiger charge is 2.34. The number of anilines is 1. The minimum Gasteiger partial charge on any atom is -0.481 e. The van der Waals surface area contributed by atoms with Gasteiger partial charge >= 0.3 is 5.97 Å². The maximum Gasteiger partial charge on any atom is 0.313 e. The molecular formula is C14H22N4O2S. The van der Waals surface area contributed by atoms with Crippen LogP contribution in [0.4, 0.5) is 5.95 Å². The molecule has 1 unspecified atom stereocenters. The van der Waals surface area contributed by atoms with E-state index in [9.17, 15) is 4.79 Å². The molecule has 2 fully saturated rings. The van der Waals surface area contributed by atoms with Crippen LogP contribution in [0.1, 0.15) is 39.2 Å². The van der Waals surface area contributed by atoms with Gasteiger partial charge in [-0.3, -0.25) is 9.36 Å². The van der Waals surface area contributed by atoms with E-state index in [1.165, 1.54) is 18.2 Å². The fourth-order valence-electron chi connectivity index (χ4n) is 2.88. The summed E-state index contributed by atoms with van der Waals surface area (Å²) in [5.74, 6) is 1.57. The topological polar surface area (TPSA) is 71.2 Å². The Labute approximate surface area is 128 Å². The van der Waals surface area contributed by atoms with Crippen molar-refractivity contribution in [2.75, 3.05) is 23.7 Å². The van der Waals surface area contributed by atoms with Gasteiger partial charge in [-0.2, -0.15) is 0 Å². The van der Waals surface area contributed by atoms with E-state index in [1.54, 1.807) is 0 Å². The first-order valence-corrected chi connectivity index (χ1v) is 8.59. The number of carbonyl (C=O) groups is 1. The average molecular weight is 310 g/mol. The van der Waals surface area contributed by atoms with Crippen LogP contribution in [0.2, 0.25) is 0 Å². The van der Waals surface area contributed by atoms with Crippen molar-refractivity contribution >= 4 is 23.7 Å². The third kappa shape index (κ3) is 3.17. The van der Waals surface area contributed by atoms with E-state index in [2.05, 4.69) is 33.5 Å². The minimum atomic E-state index is -0.812. The Morgan fingerprint density at radius 2 is 2.14 bits per heavy atom. The van der Waals surface area contributed by atoms with Crippen molar-refractivity contribution in [1.82, 2.24) is 14.8 Å². The van der Waals surface area contributed by atoms with Crippen LogP contribution in [0, 0.1) is 11.8 Å². The van der Waals surface area contributed by atoms with E-state index in [-0.39, 0.29) is 5.75 Å². The van der Waals surface area contributed by atoms with E-state index >= 15 is 0 Å². The fraction of sp³-hybridized carbons (Fsp3) is 0.786. The van der Waals surface area contributed by atoms with Crippen LogP contribution in [0.3, 0.4) is 0 Å². The Morgan fingerprint density at radius 3 is 2.71 bits per heavy atom. The number of carboxylic acid groups (broad SMARTS) is 1. The van der Waals surface area contributed by atoms with Gasteiger partial charge in [0.2, 0.25) is 5.95 Å². The van der Waals surface area contributed by atoms with Crippen molar-refractivity contribution in [2.24, 2.45) is 11.8 Å². The summed E-state index contributed by atoms with van der Waals surface area (Å²) in [5, 5.41) is 18.2. The molecule has 1 saturated heterocycles. The Bertz CT molecular complexity index is 527. The molecule has 3 rings (SSSR count). The zero-order valence-corrected chi connectivity index (χ0v) is 13.3. The summed E-state index contributed by atoms with van der Waals surface area (Å²) < 4.78 is 2.16. The molecule has 0 radical (unpaired) electrons. The minimum absolute atomic E-state index is 0.0411. The molecular weight excluding hydrogens is 288 g/mol. The molecule has 2 aliphatic rings. The van der Waals surface area contributed by atoms with E-state index in [0.29, 0.717) is 17.9 Å². The highest BCUT2D eigenvalue weighted by atomic mass is 32.2. The van der Waals surface area contributed by atoms with Crippen molar-refractivity contribution in [3.05, 3.63) is 0 Å². The summed E-state index contributed by atoms with van der Waals surface area (Å²) in [6.45, 7) is 6.60. The first kappa shape index (κ1) is 14.7. The number of hydrogen-bond donors (Lipinski definition) is 1. The van der Waals surface area contributed by atoms with E-state index in [1.807, 2.05) is 0 Å². The van der Waals surface area contributed by atoms with Crippen LogP contribution >= 0.6 is 11.8 Å². The van der Waals surface area contributed by atoms with Gasteiger partial charge in [0, 0.05) is 19.1 Å². The summed E-state index contributed by atoms with van der Waals surface area (Å²) in [6.07, 6.45) is 3.49. The van der Waals surface area contributed by atoms with Gasteiger partial charge in [0.15, 0.2) is 5.16 Å². The molecule has 1 aromatic heterocycles. The molecule has 1 aromatic rings. The van der Waals surface area contributed by atoms with Gasteiger partial charge in [-0.05, 0) is 31.1 Å². The lowest BCUT2D eigenvalue weighted by Gasteiger charge is -2.20. The van der Waals surface area contributed by atoms with Gasteiger partial charge in [-0.1, -0.05) is 25.6 Å². The molecule has 1 aliphatic heterocycles. The van der Waals surface area contributed by atoms with E-state index < -0.39 is 5.97 Å². The predicted octanol–water partition coefficient (Wildman–Crippen LogP) is 2.27. The predicted molar refractivity (Wildman–Crippen MR) is 81.8 cm³/mol. The zero-order chi connectivity index (χ0) is 15.0. The monoisotopic (exact) mass is 310 g/mol. The summed E-state index contributed by atoms with van der Waals surface area (Å²) >= 11 is 1.27. The Kier molecular flexibility index (Phi) is 4.10. The lowest BCUT2D eigenvalue weighted by atomic mass is 9.95. The van der Waals surface area contributed by atoms with Crippen LogP contribution in [-0.2, 0) is 4.79 Å². The number of thioether (sulfide) groups is 1. The molecule has 7 heteroatoms. The van der Waals surface area contributed by atoms with Gasteiger partial charge in [0.05, 0.1) is 5.75 Å². The standard InChI is InChI=1S/C14H22N4O2S/c1-9(2)10-5-6-17(7-10)13-15-16-14(21-8-12(19)20)18(13)11-3-4-11/h9-11H,3-8H2,1-2H3,(H,19,20). The molecule has 0 bridgehead atoms. The molecule has 2 heterocycles. The normalized spacial score (nSPS) is 22.2. The molecule has 1 aliphatic carbocycles. The highest BCUT2D eigenvalue weighted by molar-refractivity contribution is 7.99. The van der Waals surface area contributed by atoms with Crippen LogP contribution in [-0.4, -0.2) is 44.7 Å². The quantitative estimate of drug-likeness (QED) is 0.813. The lowest BCUT2D eigenvalue weighted by molar-refractivity contribution is -0.133. The average Bonchev–Trinajstić information content (AvgIpc) is 3.00. The molecule has 1 atom stereocenters. The molecule has 21 heavy (non-hydrogen) atoms. The van der Waals surface area contributed by atoms with Gasteiger partial charge in [0.1, 0.15) is 0 Å². The van der Waals surface area contributed by atoms with Gasteiger partial charge in [0.25, 0.3) is 0 Å². The van der Waals surface area contributed by atoms with Crippen LogP contribution < -0.4 is 4.90 Å². The van der Waals surface area contributed by atoms with Crippen LogP contribution in [0.25, 0.3) is 0 Å². The van der Waals surface area contributed by atoms with E-state index in [4.69, 9.17) is 5.11 Å². The van der Waals surface area contributed by atoms with Crippen LogP contribution in [0.5, 0.6) is 0 Å². The smallest absolute Gasteiger partial charge is 0.313 e. The number of rotatable bonds is 6. The second-order valence-corrected chi connectivity index (χ2v) is 7.25. The van der Waals surface area contributed by atoms with Crippen molar-refractivity contribution in [3.63, 3.8) is 0 Å². The summed E-state index contributed by atoms with van der Waals surface area (Å²) in [6, 6.07) is 0.462. The number of aliphatic carboxylic acids is 1. The van der Waals surface area contributed by atoms with Gasteiger partial charge in [-0.15, -0.1) is 10.2 Å². The summed E-state index contributed by atoms with van der Waals surface area (Å²) in [4.78, 5) is 13.1. The highest BCUT2D eigenvalue weighted by Crippen LogP contribution is 2.41. The zero-order valence-electron chi connectivity index (χ0n) is 12.5. The molecule has 1 N–H and O–H groups in total. The number of nitrogens with zero attached hydrogens (tertiary/aromatic N) is 4. The summed E-state index contributed by atoms with van der Waals surface area (Å²) in [7, 11) is 0. The SMILES string of the molecule is CC(C)C1CCN(c2nnc(SCC(=O)O)n2C2CC2)C1. The number of hydrogen-bond acceptors (Lipinski definition) is 5. The molecule has 6 nitrogen and oxygen atoms in total. The molecule has 1 saturated carbocycles. The maximum absolute atomic E-state index is 10.8. The first-order valence-electron chi connectivity index (χ1n) is 7.60. The Balaban J connectivity index is 1.77. The van der Waals surface area contributed by atoms with Crippen molar-refractivity contribution < 1.29 is 9.90 Å². The van der Waals surface area contributed by atoms with Crippen molar-refractivity contribution in [2.45, 2.75) is 44.3 Å². The number of aromatic nitrogens is 3. The molecule has 0 aromatic carbocycles. The van der Waals surface area contributed by atoms with Crippen molar-refractivity contribution in [3.8, 4) is 0 Å². The van der Waals surface area contributed by atoms with Crippen LogP contribution in [0.15, 0.2) is 5.16 Å². The molecule has 0 amide bonds. The van der Waals surface area contributed by atoms with E-state index in [0.717, 1.165) is 37.0 Å². The second-order valence-electron chi connectivity index (χ2n) is 6.30. The third-order valence-electron chi connectivity index (χ3n) is 4.33. The Hall–Kier alpha value is -1.24. The first-order chi connectivity index (χ1) is 10.1. The van der Waals surface area contributed by atoms with Gasteiger partial charge in [-0.25, -0.2) is 0 Å².